The summed E-state index contributed by atoms with van der Waals surface area (Å²) < 4.78 is 10.9. The minimum atomic E-state index is -0.970. The quantitative estimate of drug-likeness (QED) is 0.414. The Morgan fingerprint density at radius 1 is 1.04 bits per heavy atom. The van der Waals surface area contributed by atoms with Gasteiger partial charge in [0.1, 0.15) is 5.75 Å². The summed E-state index contributed by atoms with van der Waals surface area (Å²) in [6, 6.07) is 9.92. The molecule has 1 N–H and O–H groups in total. The summed E-state index contributed by atoms with van der Waals surface area (Å²) >= 11 is 0. The summed E-state index contributed by atoms with van der Waals surface area (Å²) in [5.41, 5.74) is 0.224. The molecule has 2 aromatic carbocycles. The lowest BCUT2D eigenvalue weighted by atomic mass is 10.1. The van der Waals surface area contributed by atoms with Crippen LogP contribution in [-0.4, -0.2) is 29.8 Å². The number of carbonyl (C=O) groups excluding carboxylic acids is 1. The van der Waals surface area contributed by atoms with E-state index in [-0.39, 0.29) is 5.56 Å². The Kier molecular flexibility index (Phi) is 6.95. The van der Waals surface area contributed by atoms with Gasteiger partial charge in [0.15, 0.2) is 6.10 Å². The van der Waals surface area contributed by atoms with Crippen LogP contribution in [0.2, 0.25) is 0 Å². The molecule has 1 atom stereocenters. The fraction of sp³-hybridized carbons (Fsp3) is 0.400. The first-order valence-corrected chi connectivity index (χ1v) is 8.61. The largest absolute Gasteiger partial charge is 0.478 e. The first-order valence-electron chi connectivity index (χ1n) is 8.61. The van der Waals surface area contributed by atoms with E-state index >= 15 is 0 Å². The van der Waals surface area contributed by atoms with E-state index in [1.54, 1.807) is 37.3 Å². The minimum absolute atomic E-state index is 0.224. The first kappa shape index (κ1) is 18.9. The molecule has 0 aliphatic rings. The number of aromatic carboxylic acids is 1. The molecular weight excluding hydrogens is 320 g/mol. The SMILES string of the molecule is CCCCCCO[C@H](C)C(=O)Oc1ccc2cc(C(=O)O)ccc2c1. The number of rotatable bonds is 9. The Bertz CT molecular complexity index is 738. The van der Waals surface area contributed by atoms with Crippen molar-refractivity contribution in [2.75, 3.05) is 6.61 Å². The minimum Gasteiger partial charge on any atom is -0.478 e. The van der Waals surface area contributed by atoms with Crippen LogP contribution in [0, 0.1) is 0 Å². The number of hydrogen-bond acceptors (Lipinski definition) is 4. The maximum atomic E-state index is 12.1. The summed E-state index contributed by atoms with van der Waals surface area (Å²) in [4.78, 5) is 23.1. The Labute approximate surface area is 147 Å². The summed E-state index contributed by atoms with van der Waals surface area (Å²) in [6.07, 6.45) is 3.75. The summed E-state index contributed by atoms with van der Waals surface area (Å²) in [6.45, 7) is 4.38. The van der Waals surface area contributed by atoms with Crippen molar-refractivity contribution in [3.63, 3.8) is 0 Å². The highest BCUT2D eigenvalue weighted by Crippen LogP contribution is 2.22. The number of carboxylic acids is 1. The predicted molar refractivity (Wildman–Crippen MR) is 96.1 cm³/mol. The van der Waals surface area contributed by atoms with Crippen LogP contribution in [0.4, 0.5) is 0 Å². The number of unbranched alkanes of at least 4 members (excludes halogenated alkanes) is 3. The van der Waals surface area contributed by atoms with E-state index in [0.717, 1.165) is 30.0 Å². The molecule has 0 heterocycles. The Morgan fingerprint density at radius 3 is 2.48 bits per heavy atom. The predicted octanol–water partition coefficient (Wildman–Crippen LogP) is 4.43. The number of carboxylic acid groups (broad SMARTS) is 1. The fourth-order valence-electron chi connectivity index (χ4n) is 2.48. The van der Waals surface area contributed by atoms with E-state index < -0.39 is 18.0 Å². The van der Waals surface area contributed by atoms with Crippen LogP contribution in [0.15, 0.2) is 36.4 Å². The molecule has 0 amide bonds. The van der Waals surface area contributed by atoms with Gasteiger partial charge in [0, 0.05) is 6.61 Å². The number of esters is 1. The summed E-state index contributed by atoms with van der Waals surface area (Å²) in [5.74, 6) is -0.985. The van der Waals surface area contributed by atoms with Crippen LogP contribution in [0.25, 0.3) is 10.8 Å². The van der Waals surface area contributed by atoms with Crippen molar-refractivity contribution in [2.24, 2.45) is 0 Å². The molecule has 5 heteroatoms. The number of carbonyl (C=O) groups is 2. The van der Waals surface area contributed by atoms with Gasteiger partial charge >= 0.3 is 11.9 Å². The van der Waals surface area contributed by atoms with Gasteiger partial charge in [-0.2, -0.15) is 0 Å². The van der Waals surface area contributed by atoms with E-state index in [1.807, 2.05) is 0 Å². The third-order valence-electron chi connectivity index (χ3n) is 3.97. The zero-order valence-corrected chi connectivity index (χ0v) is 14.7. The highest BCUT2D eigenvalue weighted by Gasteiger charge is 2.16. The Morgan fingerprint density at radius 2 is 1.76 bits per heavy atom. The monoisotopic (exact) mass is 344 g/mol. The average Bonchev–Trinajstić information content (AvgIpc) is 2.60. The van der Waals surface area contributed by atoms with E-state index in [0.29, 0.717) is 12.4 Å². The summed E-state index contributed by atoms with van der Waals surface area (Å²) in [7, 11) is 0. The van der Waals surface area contributed by atoms with Crippen molar-refractivity contribution in [3.05, 3.63) is 42.0 Å². The van der Waals surface area contributed by atoms with Gasteiger partial charge in [0.2, 0.25) is 0 Å². The van der Waals surface area contributed by atoms with E-state index in [4.69, 9.17) is 14.6 Å². The smallest absolute Gasteiger partial charge is 0.340 e. The van der Waals surface area contributed by atoms with Gasteiger partial charge in [0.25, 0.3) is 0 Å². The first-order chi connectivity index (χ1) is 12.0. The molecule has 0 bridgehead atoms. The number of hydrogen-bond donors (Lipinski definition) is 1. The van der Waals surface area contributed by atoms with Gasteiger partial charge in [0.05, 0.1) is 5.56 Å². The third kappa shape index (κ3) is 5.57. The molecule has 25 heavy (non-hydrogen) atoms. The lowest BCUT2D eigenvalue weighted by Gasteiger charge is -2.13. The van der Waals surface area contributed by atoms with Gasteiger partial charge < -0.3 is 14.6 Å². The highest BCUT2D eigenvalue weighted by atomic mass is 16.6. The standard InChI is InChI=1S/C20H24O5/c1-3-4-5-6-11-24-14(2)20(23)25-18-10-9-15-12-17(19(21)22)8-7-16(15)13-18/h7-10,12-14H,3-6,11H2,1-2H3,(H,21,22)/t14-/m1/s1. The molecule has 2 rings (SSSR count). The molecule has 5 nitrogen and oxygen atoms in total. The van der Waals surface area contributed by atoms with E-state index in [9.17, 15) is 9.59 Å². The van der Waals surface area contributed by atoms with Crippen LogP contribution < -0.4 is 4.74 Å². The zero-order chi connectivity index (χ0) is 18.2. The number of benzene rings is 2. The molecule has 0 saturated carbocycles. The van der Waals surface area contributed by atoms with Crippen molar-refractivity contribution in [1.82, 2.24) is 0 Å². The molecule has 0 aliphatic carbocycles. The lowest BCUT2D eigenvalue weighted by Crippen LogP contribution is -2.26. The van der Waals surface area contributed by atoms with Crippen molar-refractivity contribution >= 4 is 22.7 Å². The number of ether oxygens (including phenoxy) is 2. The van der Waals surface area contributed by atoms with Gasteiger partial charge in [-0.25, -0.2) is 9.59 Å². The van der Waals surface area contributed by atoms with Crippen molar-refractivity contribution < 1.29 is 24.2 Å². The molecule has 0 spiro atoms. The van der Waals surface area contributed by atoms with Crippen molar-refractivity contribution in [3.8, 4) is 5.75 Å². The summed E-state index contributed by atoms with van der Waals surface area (Å²) in [5, 5.41) is 10.6. The van der Waals surface area contributed by atoms with E-state index in [1.165, 1.54) is 12.5 Å². The molecule has 0 aromatic heterocycles. The second-order valence-corrected chi connectivity index (χ2v) is 6.02. The van der Waals surface area contributed by atoms with Gasteiger partial charge in [-0.1, -0.05) is 38.3 Å². The van der Waals surface area contributed by atoms with Gasteiger partial charge in [-0.3, -0.25) is 0 Å². The van der Waals surface area contributed by atoms with Crippen LogP contribution in [-0.2, 0) is 9.53 Å². The highest BCUT2D eigenvalue weighted by molar-refractivity contribution is 5.95. The Balaban J connectivity index is 1.94. The Hall–Kier alpha value is -2.40. The lowest BCUT2D eigenvalue weighted by molar-refractivity contribution is -0.146. The molecule has 0 radical (unpaired) electrons. The average molecular weight is 344 g/mol. The molecule has 0 unspecified atom stereocenters. The second kappa shape index (κ2) is 9.18. The molecule has 0 aliphatic heterocycles. The molecular formula is C20H24O5. The van der Waals surface area contributed by atoms with Crippen molar-refractivity contribution in [2.45, 2.75) is 45.6 Å². The van der Waals surface area contributed by atoms with Crippen LogP contribution >= 0.6 is 0 Å². The van der Waals surface area contributed by atoms with Crippen molar-refractivity contribution in [1.29, 1.82) is 0 Å². The number of fused-ring (bicyclic) bond motifs is 1. The maximum Gasteiger partial charge on any atom is 0.340 e. The van der Waals surface area contributed by atoms with Gasteiger partial charge in [-0.15, -0.1) is 0 Å². The normalized spacial score (nSPS) is 12.1. The maximum absolute atomic E-state index is 12.1. The van der Waals surface area contributed by atoms with Crippen LogP contribution in [0.5, 0.6) is 5.75 Å². The molecule has 134 valence electrons. The van der Waals surface area contributed by atoms with Gasteiger partial charge in [-0.05, 0) is 48.4 Å². The van der Waals surface area contributed by atoms with Crippen LogP contribution in [0.3, 0.4) is 0 Å². The third-order valence-corrected chi connectivity index (χ3v) is 3.97. The topological polar surface area (TPSA) is 72.8 Å². The van der Waals surface area contributed by atoms with E-state index in [2.05, 4.69) is 6.92 Å². The van der Waals surface area contributed by atoms with Crippen LogP contribution in [0.1, 0.15) is 49.9 Å². The molecule has 2 aromatic rings. The molecule has 0 fully saturated rings. The fourth-order valence-corrected chi connectivity index (χ4v) is 2.48. The zero-order valence-electron chi connectivity index (χ0n) is 14.7. The molecule has 0 saturated heterocycles. The second-order valence-electron chi connectivity index (χ2n) is 6.02.